The van der Waals surface area contributed by atoms with E-state index in [1.807, 2.05) is 6.92 Å². The molecule has 0 spiro atoms. The number of aromatic nitrogens is 3. The average Bonchev–Trinajstić information content (AvgIpc) is 3.00. The summed E-state index contributed by atoms with van der Waals surface area (Å²) < 4.78 is 26.9. The van der Waals surface area contributed by atoms with Crippen LogP contribution in [0.5, 0.6) is 0 Å². The summed E-state index contributed by atoms with van der Waals surface area (Å²) in [5.74, 6) is 0.242. The summed E-state index contributed by atoms with van der Waals surface area (Å²) in [5.41, 5.74) is 12.0. The number of halogens is 1. The van der Waals surface area contributed by atoms with E-state index in [1.165, 1.54) is 36.7 Å². The lowest BCUT2D eigenvalue weighted by atomic mass is 10.2. The van der Waals surface area contributed by atoms with Crippen molar-refractivity contribution in [1.82, 2.24) is 13.9 Å². The van der Waals surface area contributed by atoms with Crippen molar-refractivity contribution >= 4 is 44.3 Å². The Balaban J connectivity index is 2.22. The van der Waals surface area contributed by atoms with Crippen molar-refractivity contribution < 1.29 is 8.42 Å². The zero-order chi connectivity index (χ0) is 18.9. The van der Waals surface area contributed by atoms with Crippen LogP contribution in [0.15, 0.2) is 58.7 Å². The summed E-state index contributed by atoms with van der Waals surface area (Å²) in [6.07, 6.45) is 3.98. The van der Waals surface area contributed by atoms with Crippen LogP contribution in [0, 0.1) is 6.92 Å². The second kappa shape index (κ2) is 6.77. The first-order valence-electron chi connectivity index (χ1n) is 7.42. The predicted octanol–water partition coefficient (Wildman–Crippen LogP) is 2.09. The van der Waals surface area contributed by atoms with Gasteiger partial charge in [0.2, 0.25) is 5.28 Å². The van der Waals surface area contributed by atoms with Crippen LogP contribution in [0.25, 0.3) is 11.0 Å². The van der Waals surface area contributed by atoms with Crippen LogP contribution >= 0.6 is 11.6 Å². The van der Waals surface area contributed by atoms with Crippen LogP contribution in [-0.2, 0) is 10.0 Å². The maximum Gasteiger partial charge on any atom is 0.269 e. The molecular formula is C16H15ClN6O2S. The maximum absolute atomic E-state index is 12.9. The monoisotopic (exact) mass is 390 g/mol. The Morgan fingerprint density at radius 1 is 1.23 bits per heavy atom. The van der Waals surface area contributed by atoms with Gasteiger partial charge in [-0.2, -0.15) is 9.97 Å². The van der Waals surface area contributed by atoms with Gasteiger partial charge in [-0.25, -0.2) is 17.4 Å². The minimum atomic E-state index is -3.86. The molecule has 8 nitrogen and oxygen atoms in total. The van der Waals surface area contributed by atoms with E-state index in [9.17, 15) is 8.42 Å². The molecule has 134 valence electrons. The van der Waals surface area contributed by atoms with Gasteiger partial charge in [0.1, 0.15) is 5.84 Å². The Hall–Kier alpha value is -2.91. The topological polar surface area (TPSA) is 129 Å². The number of amidine groups is 1. The number of nitrogens with zero attached hydrogens (tertiary/aromatic N) is 4. The third kappa shape index (κ3) is 3.26. The molecule has 0 atom stereocenters. The molecule has 2 heterocycles. The van der Waals surface area contributed by atoms with Crippen LogP contribution < -0.4 is 11.5 Å². The number of hydrogen-bond donors (Lipinski definition) is 2. The van der Waals surface area contributed by atoms with Crippen LogP contribution in [-0.4, -0.2) is 28.2 Å². The molecule has 0 aliphatic carbocycles. The van der Waals surface area contributed by atoms with Crippen molar-refractivity contribution in [2.45, 2.75) is 11.8 Å². The highest BCUT2D eigenvalue weighted by atomic mass is 35.5. The van der Waals surface area contributed by atoms with Gasteiger partial charge in [-0.05, 0) is 49.0 Å². The summed E-state index contributed by atoms with van der Waals surface area (Å²) in [4.78, 5) is 12.3. The Morgan fingerprint density at radius 3 is 2.58 bits per heavy atom. The molecule has 0 aliphatic rings. The van der Waals surface area contributed by atoms with Gasteiger partial charge >= 0.3 is 0 Å². The van der Waals surface area contributed by atoms with Crippen molar-refractivity contribution in [3.05, 3.63) is 59.7 Å². The van der Waals surface area contributed by atoms with Crippen LogP contribution in [0.4, 0.5) is 5.82 Å². The highest BCUT2D eigenvalue weighted by molar-refractivity contribution is 7.90. The fraction of sp³-hybridized carbons (Fsp3) is 0.0625. The van der Waals surface area contributed by atoms with E-state index in [1.54, 1.807) is 12.1 Å². The number of fused-ring (bicyclic) bond motifs is 1. The lowest BCUT2D eigenvalue weighted by Gasteiger charge is -2.08. The maximum atomic E-state index is 12.9. The van der Waals surface area contributed by atoms with Crippen molar-refractivity contribution in [2.24, 2.45) is 16.5 Å². The zero-order valence-corrected chi connectivity index (χ0v) is 15.2. The normalized spacial score (nSPS) is 12.9. The summed E-state index contributed by atoms with van der Waals surface area (Å²) in [5, 5.41) is 0.235. The lowest BCUT2D eigenvalue weighted by Crippen LogP contribution is -2.12. The van der Waals surface area contributed by atoms with E-state index in [4.69, 9.17) is 23.1 Å². The number of nitrogens with two attached hydrogens (primary N) is 2. The summed E-state index contributed by atoms with van der Waals surface area (Å²) in [6, 6.07) is 8.03. The molecule has 0 aliphatic heterocycles. The molecule has 0 fully saturated rings. The standard InChI is InChI=1S/C16H15ClN6O2S/c1-10-2-4-11(5-3-10)26(24,25)23-9-7-12-14(20-13(19)6-8-18)21-16(17)22-15(12)23/h2-9H,18H2,1H3,(H2,19,20,21,22)/b8-6-. The molecule has 0 radical (unpaired) electrons. The number of hydrogen-bond acceptors (Lipinski definition) is 6. The number of aryl methyl sites for hydroxylation is 1. The zero-order valence-electron chi connectivity index (χ0n) is 13.7. The van der Waals surface area contributed by atoms with Crippen LogP contribution in [0.1, 0.15) is 5.56 Å². The van der Waals surface area contributed by atoms with E-state index in [2.05, 4.69) is 15.0 Å². The second-order valence-corrected chi connectivity index (χ2v) is 7.53. The van der Waals surface area contributed by atoms with Crippen molar-refractivity contribution in [1.29, 1.82) is 0 Å². The van der Waals surface area contributed by atoms with Gasteiger partial charge in [-0.15, -0.1) is 0 Å². The SMILES string of the molecule is Cc1ccc(S(=O)(=O)n2ccc3c(/N=C(N)/C=C\N)nc(Cl)nc32)cc1. The van der Waals surface area contributed by atoms with Gasteiger partial charge in [0, 0.05) is 6.20 Å². The van der Waals surface area contributed by atoms with Crippen molar-refractivity contribution in [3.63, 3.8) is 0 Å². The van der Waals surface area contributed by atoms with Gasteiger partial charge in [-0.3, -0.25) is 0 Å². The van der Waals surface area contributed by atoms with Crippen molar-refractivity contribution in [2.75, 3.05) is 0 Å². The smallest absolute Gasteiger partial charge is 0.269 e. The molecule has 0 saturated carbocycles. The van der Waals surface area contributed by atoms with E-state index in [0.29, 0.717) is 5.39 Å². The molecule has 0 saturated heterocycles. The van der Waals surface area contributed by atoms with Crippen molar-refractivity contribution in [3.8, 4) is 0 Å². The molecule has 3 rings (SSSR count). The molecular weight excluding hydrogens is 376 g/mol. The van der Waals surface area contributed by atoms with Gasteiger partial charge in [0.15, 0.2) is 11.5 Å². The fourth-order valence-electron chi connectivity index (χ4n) is 2.31. The quantitative estimate of drug-likeness (QED) is 0.398. The number of benzene rings is 1. The van der Waals surface area contributed by atoms with E-state index < -0.39 is 10.0 Å². The Bertz CT molecular complexity index is 1130. The number of rotatable bonds is 4. The molecule has 26 heavy (non-hydrogen) atoms. The van der Waals surface area contributed by atoms with Gasteiger partial charge < -0.3 is 11.5 Å². The van der Waals surface area contributed by atoms with Crippen LogP contribution in [0.2, 0.25) is 5.28 Å². The van der Waals surface area contributed by atoms with Gasteiger partial charge in [0.25, 0.3) is 10.0 Å². The Morgan fingerprint density at radius 2 is 1.92 bits per heavy atom. The first-order chi connectivity index (χ1) is 12.3. The number of aliphatic imine (C=N–C) groups is 1. The summed E-state index contributed by atoms with van der Waals surface area (Å²) >= 11 is 5.95. The van der Waals surface area contributed by atoms with E-state index in [0.717, 1.165) is 9.54 Å². The molecule has 4 N–H and O–H groups in total. The Labute approximate surface area is 154 Å². The predicted molar refractivity (Wildman–Crippen MR) is 101 cm³/mol. The highest BCUT2D eigenvalue weighted by Crippen LogP contribution is 2.28. The fourth-order valence-corrected chi connectivity index (χ4v) is 3.77. The highest BCUT2D eigenvalue weighted by Gasteiger charge is 2.21. The summed E-state index contributed by atoms with van der Waals surface area (Å²) in [6.45, 7) is 1.87. The largest absolute Gasteiger partial charge is 0.404 e. The minimum absolute atomic E-state index is 0.0951. The molecule has 3 aromatic rings. The molecule has 10 heteroatoms. The second-order valence-electron chi connectivity index (χ2n) is 5.38. The first kappa shape index (κ1) is 17.9. The van der Waals surface area contributed by atoms with E-state index in [-0.39, 0.29) is 27.5 Å². The average molecular weight is 391 g/mol. The Kier molecular flexibility index (Phi) is 4.66. The third-order valence-electron chi connectivity index (χ3n) is 3.54. The lowest BCUT2D eigenvalue weighted by molar-refractivity contribution is 0.588. The molecule has 0 amide bonds. The minimum Gasteiger partial charge on any atom is -0.404 e. The van der Waals surface area contributed by atoms with Gasteiger partial charge in [-0.1, -0.05) is 17.7 Å². The summed E-state index contributed by atoms with van der Waals surface area (Å²) in [7, 11) is -3.86. The first-order valence-corrected chi connectivity index (χ1v) is 9.24. The van der Waals surface area contributed by atoms with Crippen LogP contribution in [0.3, 0.4) is 0 Å². The van der Waals surface area contributed by atoms with Gasteiger partial charge in [0.05, 0.1) is 10.3 Å². The molecule has 2 aromatic heterocycles. The molecule has 0 unspecified atom stereocenters. The third-order valence-corrected chi connectivity index (χ3v) is 5.39. The van der Waals surface area contributed by atoms with E-state index >= 15 is 0 Å². The molecule has 0 bridgehead atoms. The molecule has 1 aromatic carbocycles.